The zero-order chi connectivity index (χ0) is 16.0. The third-order valence-electron chi connectivity index (χ3n) is 3.75. The molecule has 0 unspecified atom stereocenters. The van der Waals surface area contributed by atoms with Crippen LogP contribution in [-0.4, -0.2) is 24.6 Å². The first-order valence-corrected chi connectivity index (χ1v) is 7.23. The molecule has 4 aromatic rings. The number of fused-ring (bicyclic) bond motifs is 1. The Labute approximate surface area is 132 Å². The van der Waals surface area contributed by atoms with Crippen LogP contribution in [0, 0.1) is 12.7 Å². The topological polar surface area (TPSA) is 48.0 Å². The number of hydrogen-bond acceptors (Lipinski definition) is 3. The van der Waals surface area contributed by atoms with E-state index in [0.717, 1.165) is 33.6 Å². The molecule has 114 valence electrons. The summed E-state index contributed by atoms with van der Waals surface area (Å²) in [7, 11) is 1.87. The van der Waals surface area contributed by atoms with Crippen LogP contribution in [0.1, 0.15) is 5.69 Å². The maximum atomic E-state index is 13.2. The van der Waals surface area contributed by atoms with E-state index < -0.39 is 0 Å². The van der Waals surface area contributed by atoms with Crippen LogP contribution in [-0.2, 0) is 7.05 Å². The standard InChI is InChI=1S/C17H14FN5/c1-11-3-8-15-16(13-9-19-22(2)10-13)17(21-23(15)20-11)12-4-6-14(18)7-5-12/h3-10H,1-2H3. The van der Waals surface area contributed by atoms with Gasteiger partial charge in [0.05, 0.1) is 17.4 Å². The molecule has 23 heavy (non-hydrogen) atoms. The van der Waals surface area contributed by atoms with Crippen LogP contribution >= 0.6 is 0 Å². The highest BCUT2D eigenvalue weighted by Gasteiger charge is 2.18. The van der Waals surface area contributed by atoms with Crippen LogP contribution in [0.15, 0.2) is 48.8 Å². The molecule has 0 saturated heterocycles. The molecule has 0 bridgehead atoms. The van der Waals surface area contributed by atoms with Gasteiger partial charge in [-0.05, 0) is 43.3 Å². The van der Waals surface area contributed by atoms with Crippen molar-refractivity contribution in [3.05, 3.63) is 60.3 Å². The highest BCUT2D eigenvalue weighted by Crippen LogP contribution is 2.34. The second kappa shape index (κ2) is 5.01. The fraction of sp³-hybridized carbons (Fsp3) is 0.118. The van der Waals surface area contributed by atoms with E-state index in [0.29, 0.717) is 0 Å². The molecule has 3 heterocycles. The Balaban J connectivity index is 2.04. The van der Waals surface area contributed by atoms with Gasteiger partial charge in [0, 0.05) is 29.9 Å². The minimum atomic E-state index is -0.269. The molecule has 1 aromatic carbocycles. The zero-order valence-electron chi connectivity index (χ0n) is 12.7. The Morgan fingerprint density at radius 2 is 1.74 bits per heavy atom. The van der Waals surface area contributed by atoms with Crippen LogP contribution in [0.4, 0.5) is 4.39 Å². The van der Waals surface area contributed by atoms with Crippen LogP contribution in [0.3, 0.4) is 0 Å². The van der Waals surface area contributed by atoms with Gasteiger partial charge in [-0.25, -0.2) is 4.39 Å². The average molecular weight is 307 g/mol. The summed E-state index contributed by atoms with van der Waals surface area (Å²) in [5.41, 5.74) is 5.26. The molecule has 0 amide bonds. The van der Waals surface area contributed by atoms with Gasteiger partial charge in [0.25, 0.3) is 0 Å². The summed E-state index contributed by atoms with van der Waals surface area (Å²) in [6.07, 6.45) is 3.73. The van der Waals surface area contributed by atoms with Gasteiger partial charge in [0.1, 0.15) is 11.5 Å². The van der Waals surface area contributed by atoms with Gasteiger partial charge in [-0.2, -0.15) is 14.8 Å². The SMILES string of the molecule is Cc1ccc2c(-c3cnn(C)c3)c(-c3ccc(F)cc3)nn2n1. The number of halogens is 1. The van der Waals surface area contributed by atoms with Gasteiger partial charge < -0.3 is 0 Å². The van der Waals surface area contributed by atoms with Gasteiger partial charge >= 0.3 is 0 Å². The largest absolute Gasteiger partial charge is 0.275 e. The molecular weight excluding hydrogens is 293 g/mol. The molecule has 0 aliphatic rings. The second-order valence-corrected chi connectivity index (χ2v) is 5.48. The van der Waals surface area contributed by atoms with Crippen LogP contribution in [0.2, 0.25) is 0 Å². The lowest BCUT2D eigenvalue weighted by Crippen LogP contribution is -1.95. The lowest BCUT2D eigenvalue weighted by Gasteiger charge is -2.01. The number of rotatable bonds is 2. The fourth-order valence-electron chi connectivity index (χ4n) is 2.67. The van der Waals surface area contributed by atoms with Crippen molar-refractivity contribution in [2.45, 2.75) is 6.92 Å². The predicted molar refractivity (Wildman–Crippen MR) is 85.3 cm³/mol. The van der Waals surface area contributed by atoms with E-state index >= 15 is 0 Å². The first-order valence-electron chi connectivity index (χ1n) is 7.23. The van der Waals surface area contributed by atoms with Gasteiger partial charge in [-0.15, -0.1) is 5.10 Å². The number of nitrogens with zero attached hydrogens (tertiary/aromatic N) is 5. The summed E-state index contributed by atoms with van der Waals surface area (Å²) >= 11 is 0. The van der Waals surface area contributed by atoms with Crippen molar-refractivity contribution in [1.82, 2.24) is 24.6 Å². The van der Waals surface area contributed by atoms with E-state index in [1.54, 1.807) is 27.6 Å². The summed E-state index contributed by atoms with van der Waals surface area (Å²) in [6, 6.07) is 10.3. The van der Waals surface area contributed by atoms with Crippen molar-refractivity contribution in [2.24, 2.45) is 7.05 Å². The summed E-state index contributed by atoms with van der Waals surface area (Å²) in [6.45, 7) is 1.92. The van der Waals surface area contributed by atoms with Crippen LogP contribution in [0.25, 0.3) is 27.9 Å². The Kier molecular flexibility index (Phi) is 2.97. The molecular formula is C17H14FN5. The Morgan fingerprint density at radius 3 is 2.43 bits per heavy atom. The quantitative estimate of drug-likeness (QED) is 0.571. The van der Waals surface area contributed by atoms with Crippen molar-refractivity contribution in [3.8, 4) is 22.4 Å². The molecule has 0 radical (unpaired) electrons. The van der Waals surface area contributed by atoms with Crippen molar-refractivity contribution >= 4 is 5.52 Å². The summed E-state index contributed by atoms with van der Waals surface area (Å²) in [5.74, 6) is -0.269. The van der Waals surface area contributed by atoms with Crippen molar-refractivity contribution < 1.29 is 4.39 Å². The van der Waals surface area contributed by atoms with Crippen LogP contribution in [0.5, 0.6) is 0 Å². The molecule has 0 aliphatic heterocycles. The van der Waals surface area contributed by atoms with E-state index in [1.165, 1.54) is 12.1 Å². The third kappa shape index (κ3) is 2.28. The molecule has 0 atom stereocenters. The number of aryl methyl sites for hydroxylation is 2. The zero-order valence-corrected chi connectivity index (χ0v) is 12.7. The third-order valence-corrected chi connectivity index (χ3v) is 3.75. The maximum Gasteiger partial charge on any atom is 0.123 e. The lowest BCUT2D eigenvalue weighted by atomic mass is 10.0. The molecule has 6 heteroatoms. The molecule has 5 nitrogen and oxygen atoms in total. The van der Waals surface area contributed by atoms with Gasteiger partial charge in [-0.1, -0.05) is 0 Å². The van der Waals surface area contributed by atoms with Gasteiger partial charge in [0.2, 0.25) is 0 Å². The highest BCUT2D eigenvalue weighted by molar-refractivity contribution is 5.91. The average Bonchev–Trinajstić information content (AvgIpc) is 3.10. The molecule has 4 rings (SSSR count). The number of hydrogen-bond donors (Lipinski definition) is 0. The number of benzene rings is 1. The Morgan fingerprint density at radius 1 is 0.957 bits per heavy atom. The first-order chi connectivity index (χ1) is 11.1. The van der Waals surface area contributed by atoms with E-state index in [4.69, 9.17) is 0 Å². The van der Waals surface area contributed by atoms with Crippen LogP contribution < -0.4 is 0 Å². The maximum absolute atomic E-state index is 13.2. The molecule has 3 aromatic heterocycles. The summed E-state index contributed by atoms with van der Waals surface area (Å²) < 4.78 is 16.6. The van der Waals surface area contributed by atoms with E-state index in [2.05, 4.69) is 15.3 Å². The summed E-state index contributed by atoms with van der Waals surface area (Å²) in [4.78, 5) is 0. The Bertz CT molecular complexity index is 998. The highest BCUT2D eigenvalue weighted by atomic mass is 19.1. The minimum absolute atomic E-state index is 0.269. The smallest absolute Gasteiger partial charge is 0.123 e. The van der Waals surface area contributed by atoms with E-state index in [9.17, 15) is 4.39 Å². The first kappa shape index (κ1) is 13.6. The lowest BCUT2D eigenvalue weighted by molar-refractivity contribution is 0.628. The van der Waals surface area contributed by atoms with Crippen molar-refractivity contribution in [3.63, 3.8) is 0 Å². The van der Waals surface area contributed by atoms with E-state index in [-0.39, 0.29) is 5.82 Å². The minimum Gasteiger partial charge on any atom is -0.275 e. The number of aromatic nitrogens is 5. The van der Waals surface area contributed by atoms with Crippen molar-refractivity contribution in [2.75, 3.05) is 0 Å². The molecule has 0 spiro atoms. The predicted octanol–water partition coefficient (Wildman–Crippen LogP) is 3.24. The molecule has 0 fully saturated rings. The monoisotopic (exact) mass is 307 g/mol. The normalized spacial score (nSPS) is 11.3. The fourth-order valence-corrected chi connectivity index (χ4v) is 2.67. The van der Waals surface area contributed by atoms with Gasteiger partial charge in [0.15, 0.2) is 0 Å². The molecule has 0 N–H and O–H groups in total. The van der Waals surface area contributed by atoms with Crippen molar-refractivity contribution in [1.29, 1.82) is 0 Å². The Hall–Kier alpha value is -3.02. The second-order valence-electron chi connectivity index (χ2n) is 5.48. The molecule has 0 saturated carbocycles. The van der Waals surface area contributed by atoms with Gasteiger partial charge in [-0.3, -0.25) is 4.68 Å². The molecule has 0 aliphatic carbocycles. The summed E-state index contributed by atoms with van der Waals surface area (Å²) in [5, 5.41) is 13.3. The van der Waals surface area contributed by atoms with E-state index in [1.807, 2.05) is 32.3 Å².